The maximum atomic E-state index is 13.7. The Morgan fingerprint density at radius 1 is 0.829 bits per heavy atom. The number of hydrogen-bond donors (Lipinski definition) is 2. The van der Waals surface area contributed by atoms with Gasteiger partial charge in [0.1, 0.15) is 0 Å². The number of amides is 1. The molecule has 2 N–H and O–H groups in total. The Hall–Kier alpha value is -4.18. The van der Waals surface area contributed by atoms with E-state index in [1.807, 2.05) is 74.5 Å². The fourth-order valence-corrected chi connectivity index (χ4v) is 4.39. The maximum Gasteiger partial charge on any atom is 0.335 e. The van der Waals surface area contributed by atoms with Crippen molar-refractivity contribution >= 4 is 28.3 Å². The molecule has 0 aliphatic carbocycles. The van der Waals surface area contributed by atoms with Gasteiger partial charge in [0, 0.05) is 12.1 Å². The zero-order valence-corrected chi connectivity index (χ0v) is 20.0. The van der Waals surface area contributed by atoms with Gasteiger partial charge in [0.15, 0.2) is 0 Å². The first-order valence-corrected chi connectivity index (χ1v) is 11.7. The standard InChI is InChI=1S/C31H29NO3/c1-21(2)18-19-28(27-16-9-13-22-10-3-6-14-25(22)27)30(33)32-29-17-8-5-12-24(29)20-23-11-4-7-15-26(23)31(34)35/h3-18,28H,19-20H2,1-2H3,(H,32,33)(H,34,35). The van der Waals surface area contributed by atoms with E-state index in [1.54, 1.807) is 12.1 Å². The van der Waals surface area contributed by atoms with Crippen LogP contribution in [0.4, 0.5) is 5.69 Å². The monoisotopic (exact) mass is 463 g/mol. The van der Waals surface area contributed by atoms with Gasteiger partial charge in [0.05, 0.1) is 11.5 Å². The first kappa shape index (κ1) is 24.0. The predicted octanol–water partition coefficient (Wildman–Crippen LogP) is 7.21. The highest BCUT2D eigenvalue weighted by Gasteiger charge is 2.23. The number of fused-ring (bicyclic) bond motifs is 1. The van der Waals surface area contributed by atoms with Gasteiger partial charge < -0.3 is 10.4 Å². The topological polar surface area (TPSA) is 66.4 Å². The number of rotatable bonds is 8. The molecule has 0 aromatic heterocycles. The molecule has 4 rings (SSSR count). The molecule has 4 nitrogen and oxygen atoms in total. The molecular formula is C31H29NO3. The third kappa shape index (κ3) is 5.67. The summed E-state index contributed by atoms with van der Waals surface area (Å²) in [7, 11) is 0. The smallest absolute Gasteiger partial charge is 0.335 e. The minimum Gasteiger partial charge on any atom is -0.478 e. The van der Waals surface area contributed by atoms with Crippen molar-refractivity contribution in [3.63, 3.8) is 0 Å². The second-order valence-electron chi connectivity index (χ2n) is 8.92. The zero-order valence-electron chi connectivity index (χ0n) is 20.0. The summed E-state index contributed by atoms with van der Waals surface area (Å²) in [4.78, 5) is 25.4. The van der Waals surface area contributed by atoms with Crippen LogP contribution in [0.3, 0.4) is 0 Å². The van der Waals surface area contributed by atoms with Crippen LogP contribution in [0.15, 0.2) is 103 Å². The lowest BCUT2D eigenvalue weighted by atomic mass is 9.89. The summed E-state index contributed by atoms with van der Waals surface area (Å²) in [5.41, 5.74) is 4.69. The second kappa shape index (κ2) is 10.8. The van der Waals surface area contributed by atoms with Crippen LogP contribution < -0.4 is 5.32 Å². The molecule has 0 bridgehead atoms. The highest BCUT2D eigenvalue weighted by atomic mass is 16.4. The molecule has 0 spiro atoms. The van der Waals surface area contributed by atoms with Crippen LogP contribution in [0.25, 0.3) is 10.8 Å². The molecule has 0 fully saturated rings. The molecule has 4 aromatic carbocycles. The minimum absolute atomic E-state index is 0.0853. The quantitative estimate of drug-likeness (QED) is 0.271. The lowest BCUT2D eigenvalue weighted by molar-refractivity contribution is -0.117. The molecular weight excluding hydrogens is 434 g/mol. The zero-order chi connectivity index (χ0) is 24.8. The Bertz CT molecular complexity index is 1390. The summed E-state index contributed by atoms with van der Waals surface area (Å²) in [6, 6.07) is 28.8. The summed E-state index contributed by atoms with van der Waals surface area (Å²) in [6.07, 6.45) is 3.10. The van der Waals surface area contributed by atoms with Crippen LogP contribution in [-0.2, 0) is 11.2 Å². The van der Waals surface area contributed by atoms with E-state index in [4.69, 9.17) is 0 Å². The molecule has 1 unspecified atom stereocenters. The van der Waals surface area contributed by atoms with Gasteiger partial charge in [0.2, 0.25) is 5.91 Å². The van der Waals surface area contributed by atoms with Crippen molar-refractivity contribution < 1.29 is 14.7 Å². The van der Waals surface area contributed by atoms with Crippen molar-refractivity contribution in [2.75, 3.05) is 5.32 Å². The first-order chi connectivity index (χ1) is 16.9. The molecule has 35 heavy (non-hydrogen) atoms. The van der Waals surface area contributed by atoms with Gasteiger partial charge >= 0.3 is 5.97 Å². The number of para-hydroxylation sites is 1. The number of allylic oxidation sites excluding steroid dienone is 2. The normalized spacial score (nSPS) is 11.6. The average molecular weight is 464 g/mol. The van der Waals surface area contributed by atoms with Gasteiger partial charge in [-0.05, 0) is 59.9 Å². The second-order valence-corrected chi connectivity index (χ2v) is 8.92. The van der Waals surface area contributed by atoms with E-state index in [9.17, 15) is 14.7 Å². The molecule has 1 amide bonds. The molecule has 0 aliphatic rings. The Balaban J connectivity index is 1.68. The lowest BCUT2D eigenvalue weighted by Crippen LogP contribution is -2.22. The largest absolute Gasteiger partial charge is 0.478 e. The van der Waals surface area contributed by atoms with E-state index in [2.05, 4.69) is 29.6 Å². The molecule has 4 heteroatoms. The fraction of sp³-hybridized carbons (Fsp3) is 0.161. The van der Waals surface area contributed by atoms with Gasteiger partial charge in [0.25, 0.3) is 0 Å². The molecule has 0 radical (unpaired) electrons. The van der Waals surface area contributed by atoms with Gasteiger partial charge in [-0.15, -0.1) is 0 Å². The Kier molecular flexibility index (Phi) is 7.41. The summed E-state index contributed by atoms with van der Waals surface area (Å²) < 4.78 is 0. The maximum absolute atomic E-state index is 13.7. The van der Waals surface area contributed by atoms with Crippen molar-refractivity contribution in [2.24, 2.45) is 0 Å². The van der Waals surface area contributed by atoms with Crippen molar-refractivity contribution in [2.45, 2.75) is 32.6 Å². The van der Waals surface area contributed by atoms with E-state index >= 15 is 0 Å². The SMILES string of the molecule is CC(C)=CCC(C(=O)Nc1ccccc1Cc1ccccc1C(=O)O)c1cccc2ccccc12. The fourth-order valence-electron chi connectivity index (χ4n) is 4.39. The molecule has 1 atom stereocenters. The molecule has 0 saturated heterocycles. The van der Waals surface area contributed by atoms with Crippen molar-refractivity contribution in [1.82, 2.24) is 0 Å². The number of hydrogen-bond acceptors (Lipinski definition) is 2. The molecule has 0 heterocycles. The summed E-state index contributed by atoms with van der Waals surface area (Å²) in [5.74, 6) is -1.41. The van der Waals surface area contributed by atoms with Gasteiger partial charge in [-0.3, -0.25) is 4.79 Å². The van der Waals surface area contributed by atoms with Crippen molar-refractivity contribution in [3.05, 3.63) is 125 Å². The average Bonchev–Trinajstić information content (AvgIpc) is 2.85. The number of carbonyl (C=O) groups is 2. The van der Waals surface area contributed by atoms with Crippen LogP contribution in [0, 0.1) is 0 Å². The number of carboxylic acid groups (broad SMARTS) is 1. The third-order valence-corrected chi connectivity index (χ3v) is 6.18. The molecule has 0 saturated carbocycles. The van der Waals surface area contributed by atoms with E-state index in [0.717, 1.165) is 27.5 Å². The highest BCUT2D eigenvalue weighted by molar-refractivity contribution is 6.00. The molecule has 176 valence electrons. The Morgan fingerprint density at radius 3 is 2.26 bits per heavy atom. The summed E-state index contributed by atoms with van der Waals surface area (Å²) >= 11 is 0. The van der Waals surface area contributed by atoms with Gasteiger partial charge in [-0.25, -0.2) is 4.79 Å². The van der Waals surface area contributed by atoms with E-state index < -0.39 is 5.97 Å². The van der Waals surface area contributed by atoms with Crippen LogP contribution in [0.2, 0.25) is 0 Å². The summed E-state index contributed by atoms with van der Waals surface area (Å²) in [6.45, 7) is 4.07. The first-order valence-electron chi connectivity index (χ1n) is 11.7. The van der Waals surface area contributed by atoms with Crippen LogP contribution >= 0.6 is 0 Å². The predicted molar refractivity (Wildman–Crippen MR) is 142 cm³/mol. The Labute approximate surface area is 205 Å². The number of benzene rings is 4. The van der Waals surface area contributed by atoms with Gasteiger partial charge in [-0.2, -0.15) is 0 Å². The minimum atomic E-state index is -0.958. The van der Waals surface area contributed by atoms with Crippen molar-refractivity contribution in [1.29, 1.82) is 0 Å². The van der Waals surface area contributed by atoms with E-state index in [1.165, 1.54) is 0 Å². The highest BCUT2D eigenvalue weighted by Crippen LogP contribution is 2.31. The van der Waals surface area contributed by atoms with Crippen molar-refractivity contribution in [3.8, 4) is 0 Å². The number of nitrogens with one attached hydrogen (secondary N) is 1. The van der Waals surface area contributed by atoms with E-state index in [0.29, 0.717) is 24.1 Å². The van der Waals surface area contributed by atoms with Gasteiger partial charge in [-0.1, -0.05) is 90.5 Å². The number of anilines is 1. The van der Waals surface area contributed by atoms with Crippen LogP contribution in [0.1, 0.15) is 53.2 Å². The third-order valence-electron chi connectivity index (χ3n) is 6.18. The van der Waals surface area contributed by atoms with Crippen LogP contribution in [-0.4, -0.2) is 17.0 Å². The summed E-state index contributed by atoms with van der Waals surface area (Å²) in [5, 5.41) is 14.9. The number of carbonyl (C=O) groups excluding carboxylic acids is 1. The number of carboxylic acids is 1. The number of aromatic carboxylic acids is 1. The lowest BCUT2D eigenvalue weighted by Gasteiger charge is -2.20. The Morgan fingerprint density at radius 2 is 1.49 bits per heavy atom. The van der Waals surface area contributed by atoms with E-state index in [-0.39, 0.29) is 17.4 Å². The van der Waals surface area contributed by atoms with Crippen LogP contribution in [0.5, 0.6) is 0 Å². The molecule has 0 aliphatic heterocycles. The molecule has 4 aromatic rings.